The largest absolute Gasteiger partial charge is 0.480 e. The second kappa shape index (κ2) is 6.24. The molecule has 22 heavy (non-hydrogen) atoms. The Bertz CT molecular complexity index is 521. The van der Waals surface area contributed by atoms with Crippen LogP contribution in [0.3, 0.4) is 0 Å². The van der Waals surface area contributed by atoms with Crippen molar-refractivity contribution in [2.75, 3.05) is 12.4 Å². The Morgan fingerprint density at radius 3 is 2.27 bits per heavy atom. The van der Waals surface area contributed by atoms with Crippen LogP contribution >= 0.6 is 0 Å². The van der Waals surface area contributed by atoms with Crippen LogP contribution in [0.4, 0.5) is 0 Å². The molecule has 130 valence electrons. The summed E-state index contributed by atoms with van der Waals surface area (Å²) in [6.45, 7) is 12.8. The smallest absolute Gasteiger partial charge is 0.325 e. The van der Waals surface area contributed by atoms with Crippen molar-refractivity contribution in [3.63, 3.8) is 0 Å². The predicted octanol–water partition coefficient (Wildman–Crippen LogP) is 3.07. The zero-order valence-electron chi connectivity index (χ0n) is 14.6. The van der Waals surface area contributed by atoms with E-state index >= 15 is 0 Å². The topological polar surface area (TPSA) is 80.7 Å². The third kappa shape index (κ3) is 3.57. The lowest BCUT2D eigenvalue weighted by atomic mass is 10.2. The van der Waals surface area contributed by atoms with Crippen molar-refractivity contribution in [1.29, 1.82) is 0 Å². The molecule has 5 nitrogen and oxygen atoms in total. The van der Waals surface area contributed by atoms with Crippen LogP contribution in [0.15, 0.2) is 0 Å². The van der Waals surface area contributed by atoms with E-state index in [-0.39, 0.29) is 23.1 Å². The fraction of sp³-hybridized carbons (Fsp3) is 0.933. The second-order valence-corrected chi connectivity index (χ2v) is 15.0. The van der Waals surface area contributed by atoms with Gasteiger partial charge in [0.25, 0.3) is 0 Å². The molecule has 0 aromatic carbocycles. The molecule has 0 aromatic rings. The number of rotatable bonds is 8. The Balaban J connectivity index is 2.60. The van der Waals surface area contributed by atoms with Gasteiger partial charge in [-0.2, -0.15) is 0 Å². The van der Waals surface area contributed by atoms with Crippen LogP contribution in [0.2, 0.25) is 18.1 Å². The molecule has 0 radical (unpaired) electrons. The fourth-order valence-corrected chi connectivity index (χ4v) is 5.88. The van der Waals surface area contributed by atoms with Crippen molar-refractivity contribution in [1.82, 2.24) is 0 Å². The minimum absolute atomic E-state index is 0.0813. The van der Waals surface area contributed by atoms with E-state index in [0.717, 1.165) is 0 Å². The summed E-state index contributed by atoms with van der Waals surface area (Å²) in [7, 11) is -5.51. The summed E-state index contributed by atoms with van der Waals surface area (Å²) in [6.07, 6.45) is 1.20. The van der Waals surface area contributed by atoms with Gasteiger partial charge in [0.2, 0.25) is 0 Å². The maximum atomic E-state index is 12.4. The van der Waals surface area contributed by atoms with Gasteiger partial charge in [0, 0.05) is 6.61 Å². The summed E-state index contributed by atoms with van der Waals surface area (Å²) in [6, 6.07) is 0. The molecule has 1 aliphatic carbocycles. The molecular weight excluding hydrogens is 320 g/mol. The zero-order valence-corrected chi connectivity index (χ0v) is 16.4. The van der Waals surface area contributed by atoms with E-state index in [0.29, 0.717) is 19.4 Å². The van der Waals surface area contributed by atoms with E-state index in [1.165, 1.54) is 0 Å². The molecule has 1 saturated carbocycles. The maximum Gasteiger partial charge on any atom is 0.325 e. The van der Waals surface area contributed by atoms with Crippen LogP contribution < -0.4 is 0 Å². The molecule has 0 heterocycles. The molecule has 1 aliphatic rings. The monoisotopic (exact) mass is 350 g/mol. The first-order chi connectivity index (χ1) is 9.82. The Morgan fingerprint density at radius 2 is 1.91 bits per heavy atom. The summed E-state index contributed by atoms with van der Waals surface area (Å²) < 4.78 is 29.3. The molecule has 1 fully saturated rings. The maximum absolute atomic E-state index is 12.4. The molecule has 2 unspecified atom stereocenters. The number of carbonyl (C=O) groups is 1. The van der Waals surface area contributed by atoms with Gasteiger partial charge in [0.05, 0.1) is 5.75 Å². The summed E-state index contributed by atoms with van der Waals surface area (Å²) in [4.78, 5) is 11.4. The molecule has 0 spiro atoms. The van der Waals surface area contributed by atoms with E-state index in [4.69, 9.17) is 4.43 Å². The van der Waals surface area contributed by atoms with Crippen molar-refractivity contribution in [3.8, 4) is 0 Å². The summed E-state index contributed by atoms with van der Waals surface area (Å²) in [5.41, 5.74) is 0. The summed E-state index contributed by atoms with van der Waals surface area (Å²) >= 11 is 0. The quantitative estimate of drug-likeness (QED) is 0.537. The lowest BCUT2D eigenvalue weighted by molar-refractivity contribution is -0.137. The highest BCUT2D eigenvalue weighted by atomic mass is 32.2. The van der Waals surface area contributed by atoms with Crippen molar-refractivity contribution in [2.45, 2.75) is 69.8 Å². The van der Waals surface area contributed by atoms with Gasteiger partial charge < -0.3 is 9.53 Å². The van der Waals surface area contributed by atoms with Crippen LogP contribution in [-0.4, -0.2) is 44.9 Å². The van der Waals surface area contributed by atoms with Gasteiger partial charge >= 0.3 is 5.97 Å². The summed E-state index contributed by atoms with van der Waals surface area (Å²) in [5, 5.41) is 9.41. The average molecular weight is 351 g/mol. The fourth-order valence-electron chi connectivity index (χ4n) is 2.53. The van der Waals surface area contributed by atoms with Gasteiger partial charge in [-0.15, -0.1) is 0 Å². The van der Waals surface area contributed by atoms with E-state index in [1.54, 1.807) is 0 Å². The number of carboxylic acids is 1. The Labute approximate surface area is 135 Å². The number of aliphatic carboxylic acids is 1. The van der Waals surface area contributed by atoms with Gasteiger partial charge in [0.15, 0.2) is 22.9 Å². The van der Waals surface area contributed by atoms with Crippen LogP contribution in [0.5, 0.6) is 0 Å². The molecule has 0 aromatic heterocycles. The van der Waals surface area contributed by atoms with Crippen LogP contribution in [0, 0.1) is 5.92 Å². The molecule has 0 aliphatic heterocycles. The zero-order chi connectivity index (χ0) is 17.4. The first kappa shape index (κ1) is 19.6. The first-order valence-corrected chi connectivity index (χ1v) is 12.5. The van der Waals surface area contributed by atoms with Crippen LogP contribution in [-0.2, 0) is 19.1 Å². The van der Waals surface area contributed by atoms with Crippen LogP contribution in [0.25, 0.3) is 0 Å². The predicted molar refractivity (Wildman–Crippen MR) is 90.3 cm³/mol. The number of sulfone groups is 1. The second-order valence-electron chi connectivity index (χ2n) is 7.79. The number of hydrogen-bond donors (Lipinski definition) is 1. The van der Waals surface area contributed by atoms with Gasteiger partial charge in [-0.1, -0.05) is 34.1 Å². The van der Waals surface area contributed by atoms with E-state index in [9.17, 15) is 18.3 Å². The lowest BCUT2D eigenvalue weighted by Gasteiger charge is -2.36. The normalized spacial score (nSPS) is 26.0. The van der Waals surface area contributed by atoms with E-state index in [2.05, 4.69) is 33.9 Å². The lowest BCUT2D eigenvalue weighted by Crippen LogP contribution is -2.41. The van der Waals surface area contributed by atoms with Crippen molar-refractivity contribution in [3.05, 3.63) is 0 Å². The van der Waals surface area contributed by atoms with E-state index in [1.807, 2.05) is 6.92 Å². The molecule has 1 rings (SSSR count). The molecule has 0 amide bonds. The highest BCUT2D eigenvalue weighted by molar-refractivity contribution is 7.93. The van der Waals surface area contributed by atoms with Crippen molar-refractivity contribution in [2.24, 2.45) is 5.92 Å². The Morgan fingerprint density at radius 1 is 1.36 bits per heavy atom. The highest BCUT2D eigenvalue weighted by Crippen LogP contribution is 2.52. The van der Waals surface area contributed by atoms with Crippen molar-refractivity contribution >= 4 is 24.1 Å². The highest BCUT2D eigenvalue weighted by Gasteiger charge is 2.68. The third-order valence-corrected chi connectivity index (χ3v) is 12.4. The third-order valence-electron chi connectivity index (χ3n) is 5.29. The molecule has 7 heteroatoms. The summed E-state index contributed by atoms with van der Waals surface area (Å²) in [5.74, 6) is -1.54. The molecule has 2 atom stereocenters. The van der Waals surface area contributed by atoms with Crippen molar-refractivity contribution < 1.29 is 22.7 Å². The minimum Gasteiger partial charge on any atom is -0.480 e. The van der Waals surface area contributed by atoms with E-state index < -0.39 is 28.9 Å². The van der Waals surface area contributed by atoms with Gasteiger partial charge in [-0.25, -0.2) is 8.42 Å². The Kier molecular flexibility index (Phi) is 5.57. The van der Waals surface area contributed by atoms with Gasteiger partial charge in [0.1, 0.15) is 0 Å². The minimum atomic E-state index is -3.63. The average Bonchev–Trinajstić information content (AvgIpc) is 3.09. The van der Waals surface area contributed by atoms with Gasteiger partial charge in [-0.05, 0) is 36.9 Å². The molecule has 1 N–H and O–H groups in total. The number of hydrogen-bond acceptors (Lipinski definition) is 4. The SMILES string of the molecule is CCC1CC1(C(=O)O)S(=O)(=O)CCCO[Si](C)(C)C(C)(C)C. The molecule has 0 bridgehead atoms. The Hall–Kier alpha value is -0.403. The molecular formula is C15H30O5SSi. The first-order valence-electron chi connectivity index (χ1n) is 7.91. The molecule has 0 saturated heterocycles. The van der Waals surface area contributed by atoms with Gasteiger partial charge in [-0.3, -0.25) is 4.79 Å². The van der Waals surface area contributed by atoms with Crippen LogP contribution in [0.1, 0.15) is 47.0 Å². The standard InChI is InChI=1S/C15H30O5SSi/c1-7-12-11-15(12,13(16)17)21(18,19)10-8-9-20-22(5,6)14(2,3)4/h12H,7-11H2,1-6H3,(H,16,17). The number of carboxylic acid groups (broad SMARTS) is 1.